The molecule has 0 amide bonds. The molecule has 132 heavy (non-hydrogen) atoms. The summed E-state index contributed by atoms with van der Waals surface area (Å²) in [6, 6.07) is 167. The van der Waals surface area contributed by atoms with Crippen molar-refractivity contribution >= 4 is 131 Å². The highest BCUT2D eigenvalue weighted by molar-refractivity contribution is 6.16. The molecule has 10 heteroatoms. The molecule has 0 unspecified atom stereocenters. The summed E-state index contributed by atoms with van der Waals surface area (Å²) in [6.07, 6.45) is 0. The van der Waals surface area contributed by atoms with Crippen molar-refractivity contribution in [1.82, 2.24) is 36.2 Å². The van der Waals surface area contributed by atoms with E-state index in [0.717, 1.165) is 162 Å². The Morgan fingerprint density at radius 2 is 0.409 bits per heavy atom. The standard InChI is InChI=1S/C65H42N4O.C57H36N4O/c70-65-57-41-48(33-37-62(57)69-63(44-20-8-2-9-21-44)42-53(43-18-6-1-7-19-43)64(69)68(65)51-26-14-5-15-27-51)47-32-36-61-56(40-47)55-39-46(31-35-60(55)67(61)50-24-12-4-13-25-50)45-30-34-59-54(38-45)52-28-16-17-29-58(52)66(59)49-22-10-3-11-23-49;62-57-46-25-10-14-29-52(46)61-51-28-13-9-24-45(51)55(37-16-3-1-4-17-37)56(61)60(57)42-21-15-20-41(36-42)59-50-27-12-8-23-44(50)48-35-39(31-33-54(48)59)38-30-32-53-47(34-38)43-22-7-11-26-49(43)58(53)40-18-5-2-6-19-40/h1-42H;1-36H. The van der Waals surface area contributed by atoms with E-state index in [1.165, 1.54) is 59.9 Å². The molecule has 27 rings (SSSR count). The van der Waals surface area contributed by atoms with Crippen molar-refractivity contribution in [2.75, 3.05) is 0 Å². The molecule has 19 aromatic carbocycles. The molecule has 0 saturated carbocycles. The van der Waals surface area contributed by atoms with Crippen LogP contribution in [0.5, 0.6) is 0 Å². The third kappa shape index (κ3) is 11.9. The zero-order chi connectivity index (χ0) is 87.2. The Bertz CT molecular complexity index is 9490. The molecule has 0 atom stereocenters. The van der Waals surface area contributed by atoms with Crippen molar-refractivity contribution in [3.8, 4) is 101 Å². The molecule has 0 saturated heterocycles. The van der Waals surface area contributed by atoms with Crippen molar-refractivity contribution in [3.63, 3.8) is 0 Å². The minimum Gasteiger partial charge on any atom is -0.309 e. The Morgan fingerprint density at radius 3 is 0.826 bits per heavy atom. The van der Waals surface area contributed by atoms with Gasteiger partial charge in [-0.1, -0.05) is 291 Å². The third-order valence-corrected chi connectivity index (χ3v) is 26.9. The summed E-state index contributed by atoms with van der Waals surface area (Å²) in [7, 11) is 0. The van der Waals surface area contributed by atoms with Crippen LogP contribution in [-0.4, -0.2) is 36.2 Å². The molecule has 0 fully saturated rings. The number of rotatable bonds is 12. The second-order valence-electron chi connectivity index (χ2n) is 34.2. The van der Waals surface area contributed by atoms with Crippen molar-refractivity contribution < 1.29 is 0 Å². The third-order valence-electron chi connectivity index (χ3n) is 26.9. The van der Waals surface area contributed by atoms with Gasteiger partial charge in [0.2, 0.25) is 0 Å². The molecule has 27 aromatic rings. The fraction of sp³-hybridized carbons (Fsp3) is 0. The van der Waals surface area contributed by atoms with E-state index in [1.54, 1.807) is 0 Å². The monoisotopic (exact) mass is 1690 g/mol. The second kappa shape index (κ2) is 30.5. The first-order valence-corrected chi connectivity index (χ1v) is 44.9. The molecule has 0 N–H and O–H groups in total. The maximum Gasteiger partial charge on any atom is 0.266 e. The lowest BCUT2D eigenvalue weighted by atomic mass is 9.98. The van der Waals surface area contributed by atoms with Crippen molar-refractivity contribution in [3.05, 3.63) is 494 Å². The predicted molar refractivity (Wildman–Crippen MR) is 548 cm³/mol. The van der Waals surface area contributed by atoms with E-state index in [1.807, 2.05) is 75.9 Å². The highest BCUT2D eigenvalue weighted by Crippen LogP contribution is 2.46. The molecule has 0 aliphatic rings. The Morgan fingerprint density at radius 1 is 0.144 bits per heavy atom. The summed E-state index contributed by atoms with van der Waals surface area (Å²) in [6.45, 7) is 0. The summed E-state index contributed by atoms with van der Waals surface area (Å²) < 4.78 is 17.8. The van der Waals surface area contributed by atoms with Gasteiger partial charge in [0.25, 0.3) is 11.1 Å². The van der Waals surface area contributed by atoms with Gasteiger partial charge in [-0.3, -0.25) is 27.5 Å². The van der Waals surface area contributed by atoms with Crippen LogP contribution in [0.15, 0.2) is 483 Å². The Kier molecular flexibility index (Phi) is 17.4. The van der Waals surface area contributed by atoms with E-state index in [-0.39, 0.29) is 11.1 Å². The van der Waals surface area contributed by atoms with Gasteiger partial charge in [0.1, 0.15) is 11.3 Å². The van der Waals surface area contributed by atoms with Gasteiger partial charge < -0.3 is 18.3 Å². The van der Waals surface area contributed by atoms with Gasteiger partial charge in [-0.15, -0.1) is 0 Å². The highest BCUT2D eigenvalue weighted by Gasteiger charge is 2.28. The number of hydrogen-bond donors (Lipinski definition) is 0. The maximum absolute atomic E-state index is 15.3. The van der Waals surface area contributed by atoms with Crippen LogP contribution in [0.4, 0.5) is 0 Å². The van der Waals surface area contributed by atoms with Gasteiger partial charge in [-0.2, -0.15) is 0 Å². The van der Waals surface area contributed by atoms with Crippen LogP contribution >= 0.6 is 0 Å². The van der Waals surface area contributed by atoms with Gasteiger partial charge in [0, 0.05) is 82.4 Å². The van der Waals surface area contributed by atoms with E-state index < -0.39 is 0 Å². The van der Waals surface area contributed by atoms with Crippen LogP contribution in [0.3, 0.4) is 0 Å². The lowest BCUT2D eigenvalue weighted by molar-refractivity contribution is 1.00. The first-order valence-electron chi connectivity index (χ1n) is 44.9. The zero-order valence-corrected chi connectivity index (χ0v) is 71.4. The Hall–Kier alpha value is -17.9. The average Bonchev–Trinajstić information content (AvgIpc) is 1.57. The summed E-state index contributed by atoms with van der Waals surface area (Å²) in [5.74, 6) is 0. The Balaban J connectivity index is 0.000000139. The molecule has 0 spiro atoms. The fourth-order valence-electron chi connectivity index (χ4n) is 21.1. The smallest absolute Gasteiger partial charge is 0.266 e. The van der Waals surface area contributed by atoms with Gasteiger partial charge in [0.15, 0.2) is 0 Å². The fourth-order valence-corrected chi connectivity index (χ4v) is 21.1. The number of fused-ring (bicyclic) bond motifs is 20. The van der Waals surface area contributed by atoms with Crippen LogP contribution in [0.1, 0.15) is 0 Å². The summed E-state index contributed by atoms with van der Waals surface area (Å²) >= 11 is 0. The minimum atomic E-state index is -0.0688. The number of nitrogens with zero attached hydrogens (tertiary/aromatic N) is 8. The molecule has 618 valence electrons. The maximum atomic E-state index is 15.3. The summed E-state index contributed by atoms with van der Waals surface area (Å²) in [5.41, 5.74) is 32.4. The number of benzene rings is 19. The van der Waals surface area contributed by atoms with Crippen LogP contribution < -0.4 is 11.1 Å². The van der Waals surface area contributed by atoms with Gasteiger partial charge in [-0.25, -0.2) is 0 Å². The highest BCUT2D eigenvalue weighted by atomic mass is 16.1. The van der Waals surface area contributed by atoms with E-state index in [2.05, 4.69) is 434 Å². The van der Waals surface area contributed by atoms with Crippen LogP contribution in [0.2, 0.25) is 0 Å². The molecule has 0 bridgehead atoms. The molecule has 8 aromatic heterocycles. The molecule has 10 nitrogen and oxygen atoms in total. The van der Waals surface area contributed by atoms with E-state index in [9.17, 15) is 4.79 Å². The summed E-state index contributed by atoms with van der Waals surface area (Å²) in [5, 5.41) is 12.0. The lowest BCUT2D eigenvalue weighted by Crippen LogP contribution is -2.21. The van der Waals surface area contributed by atoms with Gasteiger partial charge in [-0.05, 0) is 232 Å². The van der Waals surface area contributed by atoms with Crippen molar-refractivity contribution in [1.29, 1.82) is 0 Å². The quantitative estimate of drug-likeness (QED) is 0.122. The molecular formula is C122H78N8O2. The van der Waals surface area contributed by atoms with Crippen LogP contribution in [0.25, 0.3) is 232 Å². The number of aromatic nitrogens is 8. The first-order chi connectivity index (χ1) is 65.4. The van der Waals surface area contributed by atoms with E-state index >= 15 is 4.79 Å². The predicted octanol–water partition coefficient (Wildman–Crippen LogP) is 30.0. The number of para-hydroxylation sites is 9. The lowest BCUT2D eigenvalue weighted by Gasteiger charge is -2.16. The first kappa shape index (κ1) is 75.5. The van der Waals surface area contributed by atoms with Crippen molar-refractivity contribution in [2.45, 2.75) is 0 Å². The topological polar surface area (TPSA) is 72.5 Å². The largest absolute Gasteiger partial charge is 0.309 e. The van der Waals surface area contributed by atoms with Crippen molar-refractivity contribution in [2.24, 2.45) is 0 Å². The molecule has 0 radical (unpaired) electrons. The van der Waals surface area contributed by atoms with E-state index in [0.29, 0.717) is 10.8 Å². The van der Waals surface area contributed by atoms with Gasteiger partial charge >= 0.3 is 0 Å². The average molecular weight is 1690 g/mol. The SMILES string of the molecule is O=c1c2cc(-c3ccc4c(c3)c3cc(-c5ccc6c(c5)c5ccccc5n6-c5ccccc5)ccc3n4-c3ccccc3)ccc2n2c(-c3ccccc3)cc(-c3ccccc3)c2n1-c1ccccc1.O=c1c2ccccc2n2c3ccccc3c(-c3ccccc3)c2n1-c1cccc(-n2c3ccccc3c3cc(-c4ccc5c(c4)c4ccccc4n5-c4ccccc4)ccc32)c1. The van der Waals surface area contributed by atoms with Gasteiger partial charge in [0.05, 0.1) is 88.5 Å². The molecular weight excluding hydrogens is 1610 g/mol. The molecule has 0 aliphatic carbocycles. The molecule has 8 heterocycles. The second-order valence-corrected chi connectivity index (χ2v) is 34.2. The van der Waals surface area contributed by atoms with Crippen LogP contribution in [-0.2, 0) is 0 Å². The molecule has 0 aliphatic heterocycles. The number of hydrogen-bond acceptors (Lipinski definition) is 2. The Labute approximate surface area is 757 Å². The van der Waals surface area contributed by atoms with E-state index in [4.69, 9.17) is 0 Å². The summed E-state index contributed by atoms with van der Waals surface area (Å²) in [4.78, 5) is 30.3. The normalized spacial score (nSPS) is 11.8. The van der Waals surface area contributed by atoms with Crippen LogP contribution in [0, 0.1) is 0 Å². The zero-order valence-electron chi connectivity index (χ0n) is 71.4. The minimum absolute atomic E-state index is 0.0547.